The van der Waals surface area contributed by atoms with Gasteiger partial charge in [0.1, 0.15) is 0 Å². The van der Waals surface area contributed by atoms with E-state index in [9.17, 15) is 4.79 Å². The molecule has 1 aliphatic heterocycles. The summed E-state index contributed by atoms with van der Waals surface area (Å²) in [5.74, 6) is 1.19. The summed E-state index contributed by atoms with van der Waals surface area (Å²) in [7, 11) is 0. The van der Waals surface area contributed by atoms with Crippen molar-refractivity contribution in [3.8, 4) is 0 Å². The second kappa shape index (κ2) is 7.24. The number of piperazine rings is 1. The molecule has 1 aliphatic carbocycles. The average Bonchev–Trinajstić information content (AvgIpc) is 3.33. The van der Waals surface area contributed by atoms with E-state index >= 15 is 0 Å². The second-order valence-electron chi connectivity index (χ2n) is 6.28. The lowest BCUT2D eigenvalue weighted by Gasteiger charge is -2.35. The van der Waals surface area contributed by atoms with Crippen LogP contribution in [0.4, 0.5) is 0 Å². The Balaban J connectivity index is 1.47. The number of benzene rings is 1. The fourth-order valence-corrected chi connectivity index (χ4v) is 3.92. The Morgan fingerprint density at radius 2 is 1.86 bits per heavy atom. The Morgan fingerprint density at radius 1 is 1.23 bits per heavy atom. The van der Waals surface area contributed by atoms with Gasteiger partial charge in [0.2, 0.25) is 5.91 Å². The van der Waals surface area contributed by atoms with Gasteiger partial charge in [0.15, 0.2) is 0 Å². The van der Waals surface area contributed by atoms with Crippen molar-refractivity contribution in [1.29, 1.82) is 0 Å². The van der Waals surface area contributed by atoms with Crippen LogP contribution in [-0.4, -0.2) is 53.7 Å². The predicted molar refractivity (Wildman–Crippen MR) is 92.5 cm³/mol. The number of amides is 1. The molecule has 2 fully saturated rings. The lowest BCUT2D eigenvalue weighted by molar-refractivity contribution is -0.132. The quantitative estimate of drug-likeness (QED) is 0.769. The van der Waals surface area contributed by atoms with E-state index in [0.29, 0.717) is 0 Å². The summed E-state index contributed by atoms with van der Waals surface area (Å²) in [6, 6.07) is 7.70. The Kier molecular flexibility index (Phi) is 5.32. The zero-order chi connectivity index (χ0) is 15.5. The van der Waals surface area contributed by atoms with E-state index in [4.69, 9.17) is 11.6 Å². The molecule has 5 heteroatoms. The third-order valence-corrected chi connectivity index (χ3v) is 5.72. The highest BCUT2D eigenvalue weighted by Gasteiger charge is 2.29. The number of hydrogen-bond acceptors (Lipinski definition) is 3. The van der Waals surface area contributed by atoms with Gasteiger partial charge < -0.3 is 4.90 Å². The van der Waals surface area contributed by atoms with Crippen molar-refractivity contribution in [2.24, 2.45) is 5.92 Å². The summed E-state index contributed by atoms with van der Waals surface area (Å²) in [5, 5.41) is 0.686. The van der Waals surface area contributed by atoms with E-state index in [2.05, 4.69) is 4.90 Å². The zero-order valence-corrected chi connectivity index (χ0v) is 14.6. The van der Waals surface area contributed by atoms with Gasteiger partial charge in [-0.25, -0.2) is 0 Å². The fraction of sp³-hybridized carbons (Fsp3) is 0.588. The summed E-state index contributed by atoms with van der Waals surface area (Å²) < 4.78 is 0. The first-order valence-electron chi connectivity index (χ1n) is 8.05. The highest BCUT2D eigenvalue weighted by atomic mass is 35.5. The monoisotopic (exact) mass is 338 g/mol. The molecule has 0 N–H and O–H groups in total. The third kappa shape index (κ3) is 4.40. The van der Waals surface area contributed by atoms with Gasteiger partial charge in [-0.3, -0.25) is 9.69 Å². The molecule has 1 saturated heterocycles. The Bertz CT molecular complexity index is 510. The van der Waals surface area contributed by atoms with E-state index in [0.717, 1.165) is 42.0 Å². The summed E-state index contributed by atoms with van der Waals surface area (Å²) >= 11 is 7.51. The minimum atomic E-state index is -0.0452. The minimum absolute atomic E-state index is 0.0452. The molecular formula is C17H23ClN2OS. The van der Waals surface area contributed by atoms with Crippen LogP contribution in [0.3, 0.4) is 0 Å². The first-order chi connectivity index (χ1) is 10.6. The van der Waals surface area contributed by atoms with Crippen LogP contribution in [0.1, 0.15) is 19.8 Å². The zero-order valence-electron chi connectivity index (χ0n) is 13.0. The van der Waals surface area contributed by atoms with Crippen molar-refractivity contribution >= 4 is 29.3 Å². The van der Waals surface area contributed by atoms with E-state index in [-0.39, 0.29) is 11.2 Å². The second-order valence-corrected chi connectivity index (χ2v) is 8.13. The van der Waals surface area contributed by atoms with Gasteiger partial charge in [-0.1, -0.05) is 11.6 Å². The van der Waals surface area contributed by atoms with E-state index in [1.807, 2.05) is 36.1 Å². The van der Waals surface area contributed by atoms with Crippen molar-refractivity contribution in [2.75, 3.05) is 32.7 Å². The number of halogens is 1. The highest BCUT2D eigenvalue weighted by Crippen LogP contribution is 2.30. The lowest BCUT2D eigenvalue weighted by Crippen LogP contribution is -2.50. The van der Waals surface area contributed by atoms with E-state index < -0.39 is 0 Å². The van der Waals surface area contributed by atoms with Crippen LogP contribution in [0.25, 0.3) is 0 Å². The van der Waals surface area contributed by atoms with Crippen molar-refractivity contribution in [2.45, 2.75) is 29.9 Å². The van der Waals surface area contributed by atoms with Crippen molar-refractivity contribution in [3.63, 3.8) is 0 Å². The van der Waals surface area contributed by atoms with Gasteiger partial charge in [0.05, 0.1) is 5.25 Å². The SMILES string of the molecule is CC(Sc1ccc(Cl)cc1)C(=O)N1CCN(CC2CC2)CC1. The summed E-state index contributed by atoms with van der Waals surface area (Å²) in [6.45, 7) is 7.03. The van der Waals surface area contributed by atoms with Crippen LogP contribution in [0.15, 0.2) is 29.2 Å². The van der Waals surface area contributed by atoms with Gasteiger partial charge in [-0.05, 0) is 49.9 Å². The molecule has 3 nitrogen and oxygen atoms in total. The summed E-state index contributed by atoms with van der Waals surface area (Å²) in [4.78, 5) is 18.2. The van der Waals surface area contributed by atoms with Gasteiger partial charge in [0, 0.05) is 42.6 Å². The fourth-order valence-electron chi connectivity index (χ4n) is 2.84. The smallest absolute Gasteiger partial charge is 0.235 e. The molecule has 0 radical (unpaired) electrons. The highest BCUT2D eigenvalue weighted by molar-refractivity contribution is 8.00. The van der Waals surface area contributed by atoms with Crippen LogP contribution in [-0.2, 0) is 4.79 Å². The van der Waals surface area contributed by atoms with Gasteiger partial charge >= 0.3 is 0 Å². The maximum absolute atomic E-state index is 12.6. The Hall–Kier alpha value is -0.710. The molecule has 0 bridgehead atoms. The summed E-state index contributed by atoms with van der Waals surface area (Å²) in [5.41, 5.74) is 0. The Labute approximate surface area is 142 Å². The number of nitrogens with zero attached hydrogens (tertiary/aromatic N) is 2. The molecule has 120 valence electrons. The molecule has 1 unspecified atom stereocenters. The van der Waals surface area contributed by atoms with Crippen LogP contribution in [0, 0.1) is 5.92 Å². The largest absolute Gasteiger partial charge is 0.339 e. The molecule has 0 spiro atoms. The molecule has 22 heavy (non-hydrogen) atoms. The topological polar surface area (TPSA) is 23.6 Å². The van der Waals surface area contributed by atoms with Crippen molar-refractivity contribution in [3.05, 3.63) is 29.3 Å². The van der Waals surface area contributed by atoms with Gasteiger partial charge in [0.25, 0.3) is 0 Å². The number of hydrogen-bond donors (Lipinski definition) is 0. The van der Waals surface area contributed by atoms with Gasteiger partial charge in [-0.2, -0.15) is 0 Å². The molecule has 1 aromatic carbocycles. The lowest BCUT2D eigenvalue weighted by atomic mass is 10.2. The number of carbonyl (C=O) groups is 1. The molecule has 1 saturated carbocycles. The molecular weight excluding hydrogens is 316 g/mol. The van der Waals surface area contributed by atoms with Crippen LogP contribution in [0.5, 0.6) is 0 Å². The standard InChI is InChI=1S/C17H23ClN2OS/c1-13(22-16-6-4-15(18)5-7-16)17(21)20-10-8-19(9-11-20)12-14-2-3-14/h4-7,13-14H,2-3,8-12H2,1H3. The number of carbonyl (C=O) groups excluding carboxylic acids is 1. The molecule has 1 atom stereocenters. The van der Waals surface area contributed by atoms with Crippen LogP contribution >= 0.6 is 23.4 Å². The van der Waals surface area contributed by atoms with Gasteiger partial charge in [-0.15, -0.1) is 11.8 Å². The molecule has 3 rings (SSSR count). The molecule has 1 amide bonds. The molecule has 1 heterocycles. The van der Waals surface area contributed by atoms with E-state index in [1.165, 1.54) is 19.4 Å². The third-order valence-electron chi connectivity index (χ3n) is 4.37. The van der Waals surface area contributed by atoms with Crippen molar-refractivity contribution < 1.29 is 4.79 Å². The number of rotatable bonds is 5. The maximum Gasteiger partial charge on any atom is 0.235 e. The minimum Gasteiger partial charge on any atom is -0.339 e. The van der Waals surface area contributed by atoms with Crippen LogP contribution in [0.2, 0.25) is 5.02 Å². The number of thioether (sulfide) groups is 1. The van der Waals surface area contributed by atoms with E-state index in [1.54, 1.807) is 11.8 Å². The normalized spacial score (nSPS) is 20.9. The average molecular weight is 339 g/mol. The van der Waals surface area contributed by atoms with Crippen LogP contribution < -0.4 is 0 Å². The predicted octanol–water partition coefficient (Wildman–Crippen LogP) is 3.37. The first-order valence-corrected chi connectivity index (χ1v) is 9.31. The molecule has 0 aromatic heterocycles. The van der Waals surface area contributed by atoms with Crippen molar-refractivity contribution in [1.82, 2.24) is 9.80 Å². The molecule has 2 aliphatic rings. The molecule has 1 aromatic rings. The first kappa shape index (κ1) is 16.2. The Morgan fingerprint density at radius 3 is 2.45 bits per heavy atom. The summed E-state index contributed by atoms with van der Waals surface area (Å²) in [6.07, 6.45) is 2.79. The maximum atomic E-state index is 12.6.